The molecule has 0 fully saturated rings. The standard InChI is InChI=1S/C13H15F3O3/c1-9(17)19-11-6-4-5-10(7-11)12(2,18-3)8-13(14,15)16/h4-7H,8H2,1-3H3. The third kappa shape index (κ3) is 4.55. The molecule has 0 heterocycles. The van der Waals surface area contributed by atoms with Gasteiger partial charge in [-0.1, -0.05) is 12.1 Å². The molecule has 0 spiro atoms. The summed E-state index contributed by atoms with van der Waals surface area (Å²) in [5.41, 5.74) is -1.22. The van der Waals surface area contributed by atoms with Crippen LogP contribution in [-0.4, -0.2) is 19.3 Å². The molecule has 0 aromatic heterocycles. The normalized spacial score (nSPS) is 14.8. The van der Waals surface area contributed by atoms with Gasteiger partial charge in [0.1, 0.15) is 5.75 Å². The third-order valence-corrected chi connectivity index (χ3v) is 2.69. The summed E-state index contributed by atoms with van der Waals surface area (Å²) in [5, 5.41) is 0. The molecule has 0 N–H and O–H groups in total. The van der Waals surface area contributed by atoms with Gasteiger partial charge >= 0.3 is 12.1 Å². The Labute approximate surface area is 109 Å². The highest BCUT2D eigenvalue weighted by atomic mass is 19.4. The number of rotatable bonds is 4. The topological polar surface area (TPSA) is 35.5 Å². The van der Waals surface area contributed by atoms with Crippen molar-refractivity contribution in [1.29, 1.82) is 0 Å². The first kappa shape index (κ1) is 15.5. The van der Waals surface area contributed by atoms with E-state index in [-0.39, 0.29) is 5.75 Å². The average molecular weight is 276 g/mol. The summed E-state index contributed by atoms with van der Waals surface area (Å²) in [6.07, 6.45) is -5.48. The Morgan fingerprint density at radius 3 is 2.42 bits per heavy atom. The van der Waals surface area contributed by atoms with Crippen molar-refractivity contribution in [2.75, 3.05) is 7.11 Å². The first-order valence-corrected chi connectivity index (χ1v) is 5.57. The minimum Gasteiger partial charge on any atom is -0.427 e. The molecule has 0 amide bonds. The van der Waals surface area contributed by atoms with Crippen LogP contribution in [0.1, 0.15) is 25.8 Å². The summed E-state index contributed by atoms with van der Waals surface area (Å²) in [7, 11) is 1.21. The molecule has 0 saturated heterocycles. The zero-order valence-electron chi connectivity index (χ0n) is 10.9. The Morgan fingerprint density at radius 2 is 1.95 bits per heavy atom. The summed E-state index contributed by atoms with van der Waals surface area (Å²) >= 11 is 0. The fraction of sp³-hybridized carbons (Fsp3) is 0.462. The van der Waals surface area contributed by atoms with E-state index >= 15 is 0 Å². The van der Waals surface area contributed by atoms with E-state index in [1.807, 2.05) is 0 Å². The Hall–Kier alpha value is -1.56. The number of alkyl halides is 3. The smallest absolute Gasteiger partial charge is 0.392 e. The zero-order chi connectivity index (χ0) is 14.7. The molecule has 19 heavy (non-hydrogen) atoms. The van der Waals surface area contributed by atoms with Crippen molar-refractivity contribution in [3.05, 3.63) is 29.8 Å². The fourth-order valence-electron chi connectivity index (χ4n) is 1.73. The lowest BCUT2D eigenvalue weighted by Gasteiger charge is -2.29. The summed E-state index contributed by atoms with van der Waals surface area (Å²) in [6, 6.07) is 5.88. The van der Waals surface area contributed by atoms with Gasteiger partial charge in [-0.25, -0.2) is 0 Å². The molecule has 0 bridgehead atoms. The Bertz CT molecular complexity index is 457. The maximum Gasteiger partial charge on any atom is 0.392 e. The van der Waals surface area contributed by atoms with Crippen LogP contribution in [-0.2, 0) is 15.1 Å². The molecule has 0 aliphatic carbocycles. The minimum atomic E-state index is -4.36. The molecule has 0 radical (unpaired) electrons. The molecular weight excluding hydrogens is 261 g/mol. The summed E-state index contributed by atoms with van der Waals surface area (Å²) in [5.74, 6) is -0.345. The van der Waals surface area contributed by atoms with Crippen molar-refractivity contribution in [1.82, 2.24) is 0 Å². The zero-order valence-corrected chi connectivity index (χ0v) is 10.9. The maximum atomic E-state index is 12.6. The lowest BCUT2D eigenvalue weighted by Crippen LogP contribution is -2.31. The second-order valence-corrected chi connectivity index (χ2v) is 4.35. The Balaban J connectivity index is 3.07. The number of carbonyl (C=O) groups excluding carboxylic acids is 1. The van der Waals surface area contributed by atoms with Crippen molar-refractivity contribution in [2.24, 2.45) is 0 Å². The van der Waals surface area contributed by atoms with Crippen LogP contribution in [0.15, 0.2) is 24.3 Å². The van der Waals surface area contributed by atoms with E-state index in [9.17, 15) is 18.0 Å². The molecular formula is C13H15F3O3. The van der Waals surface area contributed by atoms with Crippen molar-refractivity contribution >= 4 is 5.97 Å². The average Bonchev–Trinajstić information content (AvgIpc) is 2.26. The molecule has 1 aromatic carbocycles. The quantitative estimate of drug-likeness (QED) is 0.624. The second-order valence-electron chi connectivity index (χ2n) is 4.35. The fourth-order valence-corrected chi connectivity index (χ4v) is 1.73. The monoisotopic (exact) mass is 276 g/mol. The molecule has 0 saturated carbocycles. The van der Waals surface area contributed by atoms with Gasteiger partial charge in [0, 0.05) is 14.0 Å². The van der Waals surface area contributed by atoms with Crippen molar-refractivity contribution in [3.8, 4) is 5.75 Å². The van der Waals surface area contributed by atoms with Crippen LogP contribution in [0, 0.1) is 0 Å². The van der Waals surface area contributed by atoms with Gasteiger partial charge < -0.3 is 9.47 Å². The largest absolute Gasteiger partial charge is 0.427 e. The number of ether oxygens (including phenoxy) is 2. The molecule has 106 valence electrons. The summed E-state index contributed by atoms with van der Waals surface area (Å²) in [4.78, 5) is 10.8. The first-order chi connectivity index (χ1) is 8.66. The highest BCUT2D eigenvalue weighted by Crippen LogP contribution is 2.37. The number of esters is 1. The minimum absolute atomic E-state index is 0.190. The number of hydrogen-bond donors (Lipinski definition) is 0. The Morgan fingerprint density at radius 1 is 1.32 bits per heavy atom. The molecule has 6 heteroatoms. The van der Waals surface area contributed by atoms with Gasteiger partial charge in [-0.15, -0.1) is 0 Å². The van der Waals surface area contributed by atoms with Crippen molar-refractivity contribution in [3.63, 3.8) is 0 Å². The third-order valence-electron chi connectivity index (χ3n) is 2.69. The maximum absolute atomic E-state index is 12.6. The van der Waals surface area contributed by atoms with E-state index < -0.39 is 24.2 Å². The van der Waals surface area contributed by atoms with Gasteiger partial charge in [0.2, 0.25) is 0 Å². The van der Waals surface area contributed by atoms with Crippen LogP contribution < -0.4 is 4.74 Å². The molecule has 0 aliphatic heterocycles. The van der Waals surface area contributed by atoms with E-state index in [1.165, 1.54) is 45.2 Å². The predicted octanol–water partition coefficient (Wildman–Crippen LogP) is 3.43. The van der Waals surface area contributed by atoms with Crippen LogP contribution in [0.3, 0.4) is 0 Å². The highest BCUT2D eigenvalue weighted by molar-refractivity contribution is 5.69. The molecule has 1 aromatic rings. The van der Waals surface area contributed by atoms with Crippen LogP contribution in [0.4, 0.5) is 13.2 Å². The molecule has 1 atom stereocenters. The van der Waals surface area contributed by atoms with E-state index in [2.05, 4.69) is 0 Å². The molecule has 1 unspecified atom stereocenters. The van der Waals surface area contributed by atoms with E-state index in [0.29, 0.717) is 5.56 Å². The molecule has 1 rings (SSSR count). The molecule has 3 nitrogen and oxygen atoms in total. The summed E-state index contributed by atoms with van der Waals surface area (Å²) in [6.45, 7) is 2.56. The predicted molar refractivity (Wildman–Crippen MR) is 62.8 cm³/mol. The van der Waals surface area contributed by atoms with Gasteiger partial charge in [0.25, 0.3) is 0 Å². The van der Waals surface area contributed by atoms with Crippen LogP contribution in [0.5, 0.6) is 5.75 Å². The van der Waals surface area contributed by atoms with Crippen LogP contribution in [0.25, 0.3) is 0 Å². The van der Waals surface area contributed by atoms with Gasteiger partial charge in [-0.05, 0) is 24.6 Å². The Kier molecular flexibility index (Phi) is 4.57. The van der Waals surface area contributed by atoms with E-state index in [0.717, 1.165) is 0 Å². The lowest BCUT2D eigenvalue weighted by atomic mass is 9.92. The van der Waals surface area contributed by atoms with E-state index in [1.54, 1.807) is 0 Å². The number of hydrogen-bond acceptors (Lipinski definition) is 3. The molecule has 0 aliphatic rings. The van der Waals surface area contributed by atoms with Crippen molar-refractivity contribution in [2.45, 2.75) is 32.0 Å². The van der Waals surface area contributed by atoms with Gasteiger partial charge in [0.05, 0.1) is 12.0 Å². The van der Waals surface area contributed by atoms with Gasteiger partial charge in [-0.3, -0.25) is 4.79 Å². The van der Waals surface area contributed by atoms with Crippen LogP contribution in [0.2, 0.25) is 0 Å². The SMILES string of the molecule is COC(C)(CC(F)(F)F)c1cccc(OC(C)=O)c1. The second kappa shape index (κ2) is 5.61. The number of methoxy groups -OCH3 is 1. The highest BCUT2D eigenvalue weighted by Gasteiger charge is 2.40. The van der Waals surface area contributed by atoms with E-state index in [4.69, 9.17) is 9.47 Å². The first-order valence-electron chi connectivity index (χ1n) is 5.57. The van der Waals surface area contributed by atoms with Crippen molar-refractivity contribution < 1.29 is 27.4 Å². The number of benzene rings is 1. The number of carbonyl (C=O) groups is 1. The van der Waals surface area contributed by atoms with Gasteiger partial charge in [-0.2, -0.15) is 13.2 Å². The van der Waals surface area contributed by atoms with Crippen LogP contribution >= 0.6 is 0 Å². The summed E-state index contributed by atoms with van der Waals surface area (Å²) < 4.78 is 47.6. The lowest BCUT2D eigenvalue weighted by molar-refractivity contribution is -0.181. The van der Waals surface area contributed by atoms with Gasteiger partial charge in [0.15, 0.2) is 0 Å². The number of halogens is 3.